The van der Waals surface area contributed by atoms with Crippen LogP contribution >= 0.6 is 11.6 Å². The largest absolute Gasteiger partial charge is 0.367 e. The molecule has 0 saturated heterocycles. The predicted octanol–water partition coefficient (Wildman–Crippen LogP) is 3.72. The molecule has 2 aromatic carbocycles. The van der Waals surface area contributed by atoms with E-state index in [1.165, 1.54) is 5.56 Å². The van der Waals surface area contributed by atoms with Crippen molar-refractivity contribution >= 4 is 23.2 Å². The van der Waals surface area contributed by atoms with Crippen molar-refractivity contribution in [3.8, 4) is 0 Å². The Hall–Kier alpha value is -2.00. The normalized spacial score (nSPS) is 13.5. The number of rotatable bonds is 5. The van der Waals surface area contributed by atoms with Crippen molar-refractivity contribution in [1.29, 1.82) is 0 Å². The van der Waals surface area contributed by atoms with Crippen molar-refractivity contribution in [3.05, 3.63) is 64.7 Å². The number of hydrogen-bond donors (Lipinski definition) is 2. The van der Waals surface area contributed by atoms with Gasteiger partial charge in [-0.1, -0.05) is 54.9 Å². The summed E-state index contributed by atoms with van der Waals surface area (Å²) < 4.78 is 0. The molecule has 110 valence electrons. The molecule has 3 nitrogen and oxygen atoms in total. The smallest absolute Gasteiger partial charge is 0.247 e. The Kier molecular flexibility index (Phi) is 4.53. The lowest BCUT2D eigenvalue weighted by Gasteiger charge is -2.29. The van der Waals surface area contributed by atoms with E-state index >= 15 is 0 Å². The Balaban J connectivity index is 2.40. The summed E-state index contributed by atoms with van der Waals surface area (Å²) >= 11 is 6.16. The lowest BCUT2D eigenvalue weighted by Crippen LogP contribution is -2.45. The lowest BCUT2D eigenvalue weighted by molar-refractivity contribution is -0.122. The molecule has 3 N–H and O–H groups in total. The van der Waals surface area contributed by atoms with Gasteiger partial charge in [0.15, 0.2) is 0 Å². The van der Waals surface area contributed by atoms with Crippen molar-refractivity contribution in [2.24, 2.45) is 5.73 Å². The van der Waals surface area contributed by atoms with Crippen LogP contribution in [-0.2, 0) is 16.8 Å². The first-order valence-electron chi connectivity index (χ1n) is 6.89. The molecule has 0 fully saturated rings. The van der Waals surface area contributed by atoms with Gasteiger partial charge >= 0.3 is 0 Å². The van der Waals surface area contributed by atoms with E-state index in [4.69, 9.17) is 17.3 Å². The van der Waals surface area contributed by atoms with Gasteiger partial charge in [-0.25, -0.2) is 0 Å². The SMILES string of the molecule is CCc1ccc(C(C)(Nc2ccccc2Cl)C(N)=O)cc1. The molecule has 0 aliphatic carbocycles. The number of anilines is 1. The fourth-order valence-electron chi connectivity index (χ4n) is 2.18. The van der Waals surface area contributed by atoms with Crippen molar-refractivity contribution < 1.29 is 4.79 Å². The standard InChI is InChI=1S/C17H19ClN2O/c1-3-12-8-10-13(11-9-12)17(2,16(19)21)20-15-7-5-4-6-14(15)18/h4-11,20H,3H2,1-2H3,(H2,19,21). The minimum atomic E-state index is -1.02. The van der Waals surface area contributed by atoms with E-state index in [9.17, 15) is 4.79 Å². The zero-order valence-corrected chi connectivity index (χ0v) is 12.9. The average Bonchev–Trinajstić information content (AvgIpc) is 2.49. The highest BCUT2D eigenvalue weighted by Crippen LogP contribution is 2.30. The molecular formula is C17H19ClN2O. The van der Waals surface area contributed by atoms with Gasteiger partial charge in [-0.15, -0.1) is 0 Å². The molecule has 0 aromatic heterocycles. The summed E-state index contributed by atoms with van der Waals surface area (Å²) in [7, 11) is 0. The number of para-hydroxylation sites is 1. The number of hydrogen-bond acceptors (Lipinski definition) is 2. The third kappa shape index (κ3) is 3.19. The van der Waals surface area contributed by atoms with E-state index in [1.807, 2.05) is 42.5 Å². The van der Waals surface area contributed by atoms with Crippen molar-refractivity contribution in [2.45, 2.75) is 25.8 Å². The second kappa shape index (κ2) is 6.19. The second-order valence-electron chi connectivity index (χ2n) is 5.14. The maximum atomic E-state index is 12.0. The predicted molar refractivity (Wildman–Crippen MR) is 87.4 cm³/mol. The monoisotopic (exact) mass is 302 g/mol. The third-order valence-corrected chi connectivity index (χ3v) is 4.02. The molecule has 1 atom stereocenters. The molecule has 0 spiro atoms. The summed E-state index contributed by atoms with van der Waals surface area (Å²) in [5.41, 5.74) is 7.31. The number of amides is 1. The van der Waals surface area contributed by atoms with E-state index in [-0.39, 0.29) is 0 Å². The van der Waals surface area contributed by atoms with Gasteiger partial charge in [0, 0.05) is 0 Å². The van der Waals surface area contributed by atoms with Crippen LogP contribution in [0, 0.1) is 0 Å². The Morgan fingerprint density at radius 1 is 1.19 bits per heavy atom. The Labute approximate surface area is 130 Å². The van der Waals surface area contributed by atoms with Crippen LogP contribution in [0.4, 0.5) is 5.69 Å². The number of carbonyl (C=O) groups excluding carboxylic acids is 1. The Bertz CT molecular complexity index is 639. The highest BCUT2D eigenvalue weighted by Gasteiger charge is 2.33. The number of halogens is 1. The van der Waals surface area contributed by atoms with Crippen molar-refractivity contribution in [2.75, 3.05) is 5.32 Å². The van der Waals surface area contributed by atoms with Gasteiger partial charge in [0.05, 0.1) is 10.7 Å². The van der Waals surface area contributed by atoms with E-state index in [1.54, 1.807) is 13.0 Å². The van der Waals surface area contributed by atoms with Gasteiger partial charge < -0.3 is 11.1 Å². The van der Waals surface area contributed by atoms with E-state index in [0.29, 0.717) is 10.7 Å². The molecule has 1 unspecified atom stereocenters. The quantitative estimate of drug-likeness (QED) is 0.884. The molecule has 0 bridgehead atoms. The molecule has 2 rings (SSSR count). The average molecular weight is 303 g/mol. The van der Waals surface area contributed by atoms with Gasteiger partial charge in [-0.3, -0.25) is 4.79 Å². The minimum Gasteiger partial charge on any atom is -0.367 e. The maximum absolute atomic E-state index is 12.0. The highest BCUT2D eigenvalue weighted by atomic mass is 35.5. The molecule has 0 saturated carbocycles. The molecule has 21 heavy (non-hydrogen) atoms. The van der Waals surface area contributed by atoms with Gasteiger partial charge in [0.2, 0.25) is 5.91 Å². The molecule has 0 aliphatic heterocycles. The second-order valence-corrected chi connectivity index (χ2v) is 5.55. The first-order chi connectivity index (χ1) is 9.97. The Morgan fingerprint density at radius 2 is 1.81 bits per heavy atom. The zero-order chi connectivity index (χ0) is 15.5. The van der Waals surface area contributed by atoms with Crippen molar-refractivity contribution in [1.82, 2.24) is 0 Å². The van der Waals surface area contributed by atoms with Gasteiger partial charge in [0.1, 0.15) is 5.54 Å². The summed E-state index contributed by atoms with van der Waals surface area (Å²) in [6, 6.07) is 15.1. The summed E-state index contributed by atoms with van der Waals surface area (Å²) in [6.07, 6.45) is 0.950. The molecule has 4 heteroatoms. The van der Waals surface area contributed by atoms with Gasteiger partial charge in [-0.2, -0.15) is 0 Å². The van der Waals surface area contributed by atoms with Crippen LogP contribution in [0.5, 0.6) is 0 Å². The molecule has 1 amide bonds. The first-order valence-corrected chi connectivity index (χ1v) is 7.27. The number of aryl methyl sites for hydroxylation is 1. The number of benzene rings is 2. The van der Waals surface area contributed by atoms with Crippen LogP contribution in [0.3, 0.4) is 0 Å². The van der Waals surface area contributed by atoms with Crippen LogP contribution in [0.2, 0.25) is 5.02 Å². The van der Waals surface area contributed by atoms with Crippen LogP contribution in [0.15, 0.2) is 48.5 Å². The highest BCUT2D eigenvalue weighted by molar-refractivity contribution is 6.33. The van der Waals surface area contributed by atoms with Crippen molar-refractivity contribution in [3.63, 3.8) is 0 Å². The van der Waals surface area contributed by atoms with Gasteiger partial charge in [-0.05, 0) is 36.6 Å². The summed E-state index contributed by atoms with van der Waals surface area (Å²) in [5.74, 6) is -0.452. The number of carbonyl (C=O) groups is 1. The molecule has 2 aromatic rings. The van der Waals surface area contributed by atoms with E-state index in [0.717, 1.165) is 12.0 Å². The topological polar surface area (TPSA) is 55.1 Å². The van der Waals surface area contributed by atoms with Crippen LogP contribution in [0.25, 0.3) is 0 Å². The van der Waals surface area contributed by atoms with Gasteiger partial charge in [0.25, 0.3) is 0 Å². The van der Waals surface area contributed by atoms with E-state index in [2.05, 4.69) is 12.2 Å². The van der Waals surface area contributed by atoms with Crippen LogP contribution < -0.4 is 11.1 Å². The zero-order valence-electron chi connectivity index (χ0n) is 12.2. The van der Waals surface area contributed by atoms with E-state index < -0.39 is 11.4 Å². The number of nitrogens with two attached hydrogens (primary N) is 1. The fourth-order valence-corrected chi connectivity index (χ4v) is 2.36. The molecule has 0 aliphatic rings. The summed E-state index contributed by atoms with van der Waals surface area (Å²) in [5, 5.41) is 3.72. The van der Waals surface area contributed by atoms with Crippen LogP contribution in [0.1, 0.15) is 25.0 Å². The number of primary amides is 1. The Morgan fingerprint density at radius 3 is 2.33 bits per heavy atom. The summed E-state index contributed by atoms with van der Waals surface area (Å²) in [4.78, 5) is 12.0. The molecule has 0 radical (unpaired) electrons. The fraction of sp³-hybridized carbons (Fsp3) is 0.235. The van der Waals surface area contributed by atoms with Crippen LogP contribution in [-0.4, -0.2) is 5.91 Å². The first kappa shape index (κ1) is 15.4. The lowest BCUT2D eigenvalue weighted by atomic mass is 9.90. The number of nitrogens with one attached hydrogen (secondary N) is 1. The molecular weight excluding hydrogens is 284 g/mol. The molecule has 0 heterocycles. The third-order valence-electron chi connectivity index (χ3n) is 3.69. The maximum Gasteiger partial charge on any atom is 0.247 e. The minimum absolute atomic E-state index is 0.452. The summed E-state index contributed by atoms with van der Waals surface area (Å²) in [6.45, 7) is 3.85.